The standard InChI is InChI=1S/C18H30O2/c1-13-11-14(17(2,3)4)16(20-10-8-9-19)15(12-13)18(5,6)7/h11-12,19H,8-10H2,1-7H3. The third-order valence-corrected chi connectivity index (χ3v) is 3.40. The van der Waals surface area contributed by atoms with Gasteiger partial charge in [-0.25, -0.2) is 0 Å². The molecule has 1 aromatic rings. The average molecular weight is 278 g/mol. The normalized spacial score (nSPS) is 12.6. The van der Waals surface area contributed by atoms with Gasteiger partial charge in [0, 0.05) is 24.2 Å². The van der Waals surface area contributed by atoms with Crippen molar-refractivity contribution < 1.29 is 9.84 Å². The van der Waals surface area contributed by atoms with Crippen molar-refractivity contribution in [3.63, 3.8) is 0 Å². The fraction of sp³-hybridized carbons (Fsp3) is 0.667. The second-order valence-electron chi connectivity index (χ2n) is 7.61. The van der Waals surface area contributed by atoms with Crippen LogP contribution < -0.4 is 4.74 Å². The maximum Gasteiger partial charge on any atom is 0.126 e. The van der Waals surface area contributed by atoms with Crippen molar-refractivity contribution in [2.75, 3.05) is 13.2 Å². The summed E-state index contributed by atoms with van der Waals surface area (Å²) in [4.78, 5) is 0. The maximum absolute atomic E-state index is 8.97. The van der Waals surface area contributed by atoms with E-state index in [0.29, 0.717) is 13.0 Å². The van der Waals surface area contributed by atoms with Crippen molar-refractivity contribution in [2.45, 2.75) is 65.7 Å². The summed E-state index contributed by atoms with van der Waals surface area (Å²) in [5.41, 5.74) is 3.86. The summed E-state index contributed by atoms with van der Waals surface area (Å²) in [5.74, 6) is 1.00. The van der Waals surface area contributed by atoms with Gasteiger partial charge in [0.15, 0.2) is 0 Å². The number of aliphatic hydroxyl groups excluding tert-OH is 1. The lowest BCUT2D eigenvalue weighted by Crippen LogP contribution is -2.20. The van der Waals surface area contributed by atoms with Gasteiger partial charge < -0.3 is 9.84 Å². The van der Waals surface area contributed by atoms with Crippen molar-refractivity contribution in [3.8, 4) is 5.75 Å². The van der Waals surface area contributed by atoms with E-state index in [4.69, 9.17) is 9.84 Å². The third-order valence-electron chi connectivity index (χ3n) is 3.40. The van der Waals surface area contributed by atoms with E-state index >= 15 is 0 Å². The lowest BCUT2D eigenvalue weighted by molar-refractivity contribution is 0.228. The molecule has 114 valence electrons. The summed E-state index contributed by atoms with van der Waals surface area (Å²) in [6, 6.07) is 4.45. The van der Waals surface area contributed by atoms with Gasteiger partial charge in [0.25, 0.3) is 0 Å². The van der Waals surface area contributed by atoms with E-state index in [-0.39, 0.29) is 17.4 Å². The summed E-state index contributed by atoms with van der Waals surface area (Å²) in [7, 11) is 0. The molecule has 0 aliphatic rings. The molecule has 0 unspecified atom stereocenters. The molecule has 0 fully saturated rings. The number of rotatable bonds is 4. The highest BCUT2D eigenvalue weighted by atomic mass is 16.5. The molecule has 0 spiro atoms. The van der Waals surface area contributed by atoms with Crippen molar-refractivity contribution in [1.82, 2.24) is 0 Å². The van der Waals surface area contributed by atoms with E-state index in [1.807, 2.05) is 0 Å². The Bertz CT molecular complexity index is 412. The number of hydrogen-bond acceptors (Lipinski definition) is 2. The monoisotopic (exact) mass is 278 g/mol. The van der Waals surface area contributed by atoms with Crippen LogP contribution in [-0.2, 0) is 10.8 Å². The first-order valence-electron chi connectivity index (χ1n) is 7.46. The first-order chi connectivity index (χ1) is 9.07. The lowest BCUT2D eigenvalue weighted by Gasteiger charge is -2.30. The Kier molecular flexibility index (Phi) is 5.26. The largest absolute Gasteiger partial charge is 0.493 e. The van der Waals surface area contributed by atoms with Gasteiger partial charge in [0.05, 0.1) is 6.61 Å². The molecule has 1 N–H and O–H groups in total. The van der Waals surface area contributed by atoms with Gasteiger partial charge in [0.2, 0.25) is 0 Å². The molecule has 0 amide bonds. The molecule has 0 aliphatic carbocycles. The van der Waals surface area contributed by atoms with E-state index < -0.39 is 0 Å². The van der Waals surface area contributed by atoms with E-state index in [2.05, 4.69) is 60.6 Å². The smallest absolute Gasteiger partial charge is 0.126 e. The number of aryl methyl sites for hydroxylation is 1. The third kappa shape index (κ3) is 4.24. The molecule has 0 saturated heterocycles. The molecule has 1 rings (SSSR count). The Hall–Kier alpha value is -1.02. The van der Waals surface area contributed by atoms with Gasteiger partial charge in [-0.15, -0.1) is 0 Å². The second kappa shape index (κ2) is 6.17. The van der Waals surface area contributed by atoms with Crippen molar-refractivity contribution in [1.29, 1.82) is 0 Å². The minimum Gasteiger partial charge on any atom is -0.493 e. The molecule has 0 atom stereocenters. The molecule has 0 radical (unpaired) electrons. The lowest BCUT2D eigenvalue weighted by atomic mass is 9.78. The van der Waals surface area contributed by atoms with E-state index in [9.17, 15) is 0 Å². The Morgan fingerprint density at radius 2 is 1.40 bits per heavy atom. The Balaban J connectivity index is 3.38. The molecule has 20 heavy (non-hydrogen) atoms. The predicted octanol–water partition coefficient (Wildman–Crippen LogP) is 4.35. The molecule has 0 saturated carbocycles. The Morgan fingerprint density at radius 1 is 0.950 bits per heavy atom. The van der Waals surface area contributed by atoms with Gasteiger partial charge in [-0.1, -0.05) is 59.2 Å². The number of ether oxygens (including phenoxy) is 1. The average Bonchev–Trinajstić information content (AvgIpc) is 2.28. The van der Waals surface area contributed by atoms with Crippen LogP contribution in [0.2, 0.25) is 0 Å². The topological polar surface area (TPSA) is 29.5 Å². The highest BCUT2D eigenvalue weighted by Gasteiger charge is 2.27. The quantitative estimate of drug-likeness (QED) is 0.830. The van der Waals surface area contributed by atoms with E-state index in [0.717, 1.165) is 5.75 Å². The van der Waals surface area contributed by atoms with Crippen LogP contribution in [0.15, 0.2) is 12.1 Å². The van der Waals surface area contributed by atoms with Gasteiger partial charge in [-0.3, -0.25) is 0 Å². The molecule has 0 bridgehead atoms. The van der Waals surface area contributed by atoms with E-state index in [1.165, 1.54) is 16.7 Å². The fourth-order valence-corrected chi connectivity index (χ4v) is 2.28. The van der Waals surface area contributed by atoms with Crippen LogP contribution in [0, 0.1) is 6.92 Å². The van der Waals surface area contributed by atoms with Crippen LogP contribution in [0.5, 0.6) is 5.75 Å². The van der Waals surface area contributed by atoms with Gasteiger partial charge in [-0.05, 0) is 17.8 Å². The molecule has 2 nitrogen and oxygen atoms in total. The summed E-state index contributed by atoms with van der Waals surface area (Å²) < 4.78 is 6.06. The molecular formula is C18H30O2. The van der Waals surface area contributed by atoms with Gasteiger partial charge >= 0.3 is 0 Å². The van der Waals surface area contributed by atoms with Crippen LogP contribution in [0.3, 0.4) is 0 Å². The molecular weight excluding hydrogens is 248 g/mol. The van der Waals surface area contributed by atoms with Crippen LogP contribution in [-0.4, -0.2) is 18.3 Å². The maximum atomic E-state index is 8.97. The van der Waals surface area contributed by atoms with E-state index in [1.54, 1.807) is 0 Å². The summed E-state index contributed by atoms with van der Waals surface area (Å²) in [6.07, 6.45) is 0.668. The molecule has 0 heterocycles. The predicted molar refractivity (Wildman–Crippen MR) is 85.8 cm³/mol. The highest BCUT2D eigenvalue weighted by molar-refractivity contribution is 5.50. The second-order valence-corrected chi connectivity index (χ2v) is 7.61. The number of hydrogen-bond donors (Lipinski definition) is 1. The molecule has 1 aromatic carbocycles. The van der Waals surface area contributed by atoms with Crippen molar-refractivity contribution >= 4 is 0 Å². The Labute approximate surface area is 124 Å². The highest BCUT2D eigenvalue weighted by Crippen LogP contribution is 2.40. The first kappa shape index (κ1) is 17.0. The molecule has 2 heteroatoms. The number of aliphatic hydroxyl groups is 1. The molecule has 0 aliphatic heterocycles. The summed E-state index contributed by atoms with van der Waals surface area (Å²) in [5, 5.41) is 8.97. The zero-order valence-electron chi connectivity index (χ0n) is 14.1. The first-order valence-corrected chi connectivity index (χ1v) is 7.46. The summed E-state index contributed by atoms with van der Waals surface area (Å²) in [6.45, 7) is 16.2. The fourth-order valence-electron chi connectivity index (χ4n) is 2.28. The number of benzene rings is 1. The Morgan fingerprint density at radius 3 is 1.75 bits per heavy atom. The van der Waals surface area contributed by atoms with Crippen LogP contribution in [0.4, 0.5) is 0 Å². The van der Waals surface area contributed by atoms with Crippen LogP contribution in [0.1, 0.15) is 64.7 Å². The van der Waals surface area contributed by atoms with Crippen molar-refractivity contribution in [2.24, 2.45) is 0 Å². The molecule has 0 aromatic heterocycles. The van der Waals surface area contributed by atoms with Crippen molar-refractivity contribution in [3.05, 3.63) is 28.8 Å². The minimum absolute atomic E-state index is 0.0422. The minimum atomic E-state index is 0.0422. The SMILES string of the molecule is Cc1cc(C(C)(C)C)c(OCCCO)c(C(C)(C)C)c1. The van der Waals surface area contributed by atoms with Crippen LogP contribution in [0.25, 0.3) is 0 Å². The van der Waals surface area contributed by atoms with Gasteiger partial charge in [-0.2, -0.15) is 0 Å². The zero-order valence-corrected chi connectivity index (χ0v) is 14.1. The summed E-state index contributed by atoms with van der Waals surface area (Å²) >= 11 is 0. The van der Waals surface area contributed by atoms with Gasteiger partial charge in [0.1, 0.15) is 5.75 Å². The zero-order chi connectivity index (χ0) is 15.6. The van der Waals surface area contributed by atoms with Crippen LogP contribution >= 0.6 is 0 Å².